The van der Waals surface area contributed by atoms with Crippen LogP contribution in [0.3, 0.4) is 0 Å². The number of hydrogen-bond donors (Lipinski definition) is 4. The van der Waals surface area contributed by atoms with Crippen LogP contribution in [0, 0.1) is 0 Å². The molecular formula is C27H27N3O4. The number of hydrogen-bond acceptors (Lipinski definition) is 6. The molecular weight excluding hydrogens is 430 g/mol. The summed E-state index contributed by atoms with van der Waals surface area (Å²) in [5.74, 6) is -0.368. The summed E-state index contributed by atoms with van der Waals surface area (Å²) in [6.45, 7) is 5.90. The van der Waals surface area contributed by atoms with Crippen molar-refractivity contribution >= 4 is 5.91 Å². The fourth-order valence-electron chi connectivity index (χ4n) is 3.81. The minimum Gasteiger partial charge on any atom is -0.507 e. The molecule has 174 valence electrons. The Balaban J connectivity index is 1.87. The van der Waals surface area contributed by atoms with E-state index in [1.165, 1.54) is 6.07 Å². The van der Waals surface area contributed by atoms with Crippen LogP contribution in [0.15, 0.2) is 71.3 Å². The van der Waals surface area contributed by atoms with Gasteiger partial charge in [0.1, 0.15) is 11.5 Å². The lowest BCUT2D eigenvalue weighted by molar-refractivity contribution is 0.0947. The van der Waals surface area contributed by atoms with Crippen molar-refractivity contribution in [1.29, 1.82) is 0 Å². The molecule has 0 unspecified atom stereocenters. The van der Waals surface area contributed by atoms with Gasteiger partial charge >= 0.3 is 0 Å². The highest BCUT2D eigenvalue weighted by Gasteiger charge is 2.26. The molecule has 4 aromatic rings. The predicted molar refractivity (Wildman–Crippen MR) is 132 cm³/mol. The molecule has 1 heterocycles. The van der Waals surface area contributed by atoms with E-state index in [4.69, 9.17) is 4.52 Å². The van der Waals surface area contributed by atoms with Gasteiger partial charge in [-0.05, 0) is 36.2 Å². The second kappa shape index (κ2) is 10.2. The zero-order valence-electron chi connectivity index (χ0n) is 19.1. The average molecular weight is 458 g/mol. The van der Waals surface area contributed by atoms with Gasteiger partial charge in [-0.15, -0.1) is 0 Å². The maximum Gasteiger partial charge on any atom is 0.274 e. The van der Waals surface area contributed by atoms with Gasteiger partial charge in [-0.3, -0.25) is 4.79 Å². The zero-order chi connectivity index (χ0) is 24.1. The largest absolute Gasteiger partial charge is 0.507 e. The van der Waals surface area contributed by atoms with Crippen molar-refractivity contribution in [2.75, 3.05) is 13.1 Å². The van der Waals surface area contributed by atoms with E-state index in [0.29, 0.717) is 23.2 Å². The van der Waals surface area contributed by atoms with Crippen LogP contribution in [0.2, 0.25) is 0 Å². The molecule has 0 radical (unpaired) electrons. The van der Waals surface area contributed by atoms with Crippen molar-refractivity contribution < 1.29 is 19.5 Å². The lowest BCUT2D eigenvalue weighted by Crippen LogP contribution is -2.23. The number of nitrogens with zero attached hydrogens (tertiary/aromatic N) is 1. The third-order valence-corrected chi connectivity index (χ3v) is 5.51. The maximum atomic E-state index is 12.8. The van der Waals surface area contributed by atoms with Gasteiger partial charge in [-0.1, -0.05) is 66.7 Å². The van der Waals surface area contributed by atoms with E-state index < -0.39 is 0 Å². The van der Waals surface area contributed by atoms with Crippen LogP contribution in [-0.4, -0.2) is 34.4 Å². The summed E-state index contributed by atoms with van der Waals surface area (Å²) < 4.78 is 5.65. The van der Waals surface area contributed by atoms with Crippen LogP contribution in [0.1, 0.15) is 29.9 Å². The molecule has 7 nitrogen and oxygen atoms in total. The summed E-state index contributed by atoms with van der Waals surface area (Å²) >= 11 is 0. The fraction of sp³-hybridized carbons (Fsp3) is 0.185. The number of aromatic hydroxyl groups is 2. The molecule has 0 atom stereocenters. The summed E-state index contributed by atoms with van der Waals surface area (Å²) in [6.07, 6.45) is 0. The Hall–Kier alpha value is -4.10. The highest BCUT2D eigenvalue weighted by molar-refractivity contribution is 6.03. The Morgan fingerprint density at radius 3 is 2.26 bits per heavy atom. The van der Waals surface area contributed by atoms with Crippen molar-refractivity contribution in [3.63, 3.8) is 0 Å². The van der Waals surface area contributed by atoms with Gasteiger partial charge in [0.15, 0.2) is 11.5 Å². The number of carbonyl (C=O) groups is 1. The van der Waals surface area contributed by atoms with E-state index in [-0.39, 0.29) is 28.9 Å². The quantitative estimate of drug-likeness (QED) is 0.298. The van der Waals surface area contributed by atoms with Crippen LogP contribution in [0.25, 0.3) is 33.6 Å². The van der Waals surface area contributed by atoms with Gasteiger partial charge < -0.3 is 25.4 Å². The van der Waals surface area contributed by atoms with Gasteiger partial charge in [0.2, 0.25) is 0 Å². The number of carbonyl (C=O) groups excluding carboxylic acids is 1. The molecule has 0 spiro atoms. The Morgan fingerprint density at radius 2 is 1.59 bits per heavy atom. The highest BCUT2D eigenvalue weighted by Crippen LogP contribution is 2.44. The first-order chi connectivity index (χ1) is 16.5. The molecule has 0 saturated heterocycles. The van der Waals surface area contributed by atoms with Gasteiger partial charge in [-0.2, -0.15) is 0 Å². The fourth-order valence-corrected chi connectivity index (χ4v) is 3.81. The molecule has 0 saturated carbocycles. The first kappa shape index (κ1) is 23.1. The maximum absolute atomic E-state index is 12.8. The lowest BCUT2D eigenvalue weighted by Gasteiger charge is -2.11. The standard InChI is InChI=1S/C27H27N3O4/c1-3-28-16-17-10-12-19(13-11-17)24-25(27(33)29-4-2)30-34-26(24)21-14-20(22(31)15-23(21)32)18-8-6-5-7-9-18/h5-15,28,31-32H,3-4,16H2,1-2H3,(H,29,33). The number of benzene rings is 3. The van der Waals surface area contributed by atoms with Crippen LogP contribution >= 0.6 is 0 Å². The number of phenolic OH excluding ortho intramolecular Hbond substituents is 2. The van der Waals surface area contributed by atoms with Crippen LogP contribution in [0.4, 0.5) is 0 Å². The molecule has 3 aromatic carbocycles. The molecule has 0 bridgehead atoms. The normalized spacial score (nSPS) is 10.9. The zero-order valence-corrected chi connectivity index (χ0v) is 19.1. The van der Waals surface area contributed by atoms with E-state index in [1.807, 2.05) is 68.4 Å². The van der Waals surface area contributed by atoms with Gasteiger partial charge in [-0.25, -0.2) is 0 Å². The highest BCUT2D eigenvalue weighted by atomic mass is 16.5. The van der Waals surface area contributed by atoms with Crippen molar-refractivity contribution in [2.45, 2.75) is 20.4 Å². The summed E-state index contributed by atoms with van der Waals surface area (Å²) in [7, 11) is 0. The second-order valence-corrected chi connectivity index (χ2v) is 7.82. The summed E-state index contributed by atoms with van der Waals surface area (Å²) in [5.41, 5.74) is 4.06. The van der Waals surface area contributed by atoms with Gasteiger partial charge in [0.25, 0.3) is 5.91 Å². The Morgan fingerprint density at radius 1 is 0.882 bits per heavy atom. The molecule has 1 aromatic heterocycles. The van der Waals surface area contributed by atoms with Crippen LogP contribution in [-0.2, 0) is 6.54 Å². The molecule has 4 N–H and O–H groups in total. The van der Waals surface area contributed by atoms with Crippen molar-refractivity contribution in [3.05, 3.63) is 78.0 Å². The molecule has 1 amide bonds. The molecule has 7 heteroatoms. The van der Waals surface area contributed by atoms with Crippen LogP contribution < -0.4 is 10.6 Å². The van der Waals surface area contributed by atoms with E-state index in [2.05, 4.69) is 15.8 Å². The Bertz CT molecular complexity index is 1280. The van der Waals surface area contributed by atoms with Crippen molar-refractivity contribution in [2.24, 2.45) is 0 Å². The van der Waals surface area contributed by atoms with E-state index >= 15 is 0 Å². The smallest absolute Gasteiger partial charge is 0.274 e. The van der Waals surface area contributed by atoms with Crippen LogP contribution in [0.5, 0.6) is 11.5 Å². The van der Waals surface area contributed by atoms with E-state index in [9.17, 15) is 15.0 Å². The lowest BCUT2D eigenvalue weighted by atomic mass is 9.95. The minimum absolute atomic E-state index is 0.0646. The summed E-state index contributed by atoms with van der Waals surface area (Å²) in [4.78, 5) is 12.8. The predicted octanol–water partition coefficient (Wildman–Crippen LogP) is 4.95. The second-order valence-electron chi connectivity index (χ2n) is 7.82. The van der Waals surface area contributed by atoms with Gasteiger partial charge in [0, 0.05) is 24.7 Å². The topological polar surface area (TPSA) is 108 Å². The SMILES string of the molecule is CCNCc1ccc(-c2c(C(=O)NCC)noc2-c2cc(-c3ccccc3)c(O)cc2O)cc1. The molecule has 0 fully saturated rings. The van der Waals surface area contributed by atoms with Crippen molar-refractivity contribution in [3.8, 4) is 45.1 Å². The number of phenols is 2. The first-order valence-electron chi connectivity index (χ1n) is 11.2. The number of rotatable bonds is 8. The molecule has 0 aliphatic carbocycles. The molecule has 4 rings (SSSR count). The monoisotopic (exact) mass is 457 g/mol. The molecule has 34 heavy (non-hydrogen) atoms. The van der Waals surface area contributed by atoms with E-state index in [1.54, 1.807) is 6.07 Å². The first-order valence-corrected chi connectivity index (χ1v) is 11.2. The Labute approximate surface area is 198 Å². The third-order valence-electron chi connectivity index (χ3n) is 5.51. The summed E-state index contributed by atoms with van der Waals surface area (Å²) in [5, 5.41) is 31.3. The molecule has 0 aliphatic heterocycles. The Kier molecular flexibility index (Phi) is 6.94. The number of amides is 1. The van der Waals surface area contributed by atoms with E-state index in [0.717, 1.165) is 29.8 Å². The number of nitrogens with one attached hydrogen (secondary N) is 2. The average Bonchev–Trinajstić information content (AvgIpc) is 3.29. The third kappa shape index (κ3) is 4.65. The summed E-state index contributed by atoms with van der Waals surface area (Å²) in [6, 6.07) is 20.0. The van der Waals surface area contributed by atoms with Crippen molar-refractivity contribution in [1.82, 2.24) is 15.8 Å². The number of aromatic nitrogens is 1. The van der Waals surface area contributed by atoms with Gasteiger partial charge in [0.05, 0.1) is 11.1 Å². The molecule has 0 aliphatic rings. The minimum atomic E-state index is -0.370.